The molecule has 0 radical (unpaired) electrons. The number of methoxy groups -OCH3 is 1. The van der Waals surface area contributed by atoms with E-state index in [1.54, 1.807) is 7.11 Å². The average molecular weight is 175 g/mol. The van der Waals surface area contributed by atoms with Gasteiger partial charge in [0.1, 0.15) is 5.75 Å². The zero-order valence-corrected chi connectivity index (χ0v) is 8.22. The molecule has 68 valence electrons. The number of rotatable bonds is 2. The summed E-state index contributed by atoms with van der Waals surface area (Å²) < 4.78 is 5.25. The Bertz CT molecular complexity index is 350. The summed E-state index contributed by atoms with van der Waals surface area (Å²) in [6.45, 7) is 3.99. The van der Waals surface area contributed by atoms with Gasteiger partial charge in [0.2, 0.25) is 0 Å². The molecule has 1 rings (SSSR count). The molecule has 0 heterocycles. The molecule has 0 spiro atoms. The summed E-state index contributed by atoms with van der Waals surface area (Å²) in [5.41, 5.74) is 3.23. The van der Waals surface area contributed by atoms with E-state index in [2.05, 4.69) is 6.07 Å². The highest BCUT2D eigenvalue weighted by atomic mass is 16.5. The lowest BCUT2D eigenvalue weighted by Crippen LogP contribution is -1.95. The Hall–Kier alpha value is -1.49. The van der Waals surface area contributed by atoms with Crippen LogP contribution in [-0.2, 0) is 6.42 Å². The maximum absolute atomic E-state index is 8.59. The molecule has 2 nitrogen and oxygen atoms in total. The number of nitrogens with zero attached hydrogens (tertiary/aromatic N) is 1. The van der Waals surface area contributed by atoms with Gasteiger partial charge in [-0.3, -0.25) is 0 Å². The van der Waals surface area contributed by atoms with Gasteiger partial charge < -0.3 is 4.74 Å². The van der Waals surface area contributed by atoms with Crippen LogP contribution in [0.15, 0.2) is 12.1 Å². The van der Waals surface area contributed by atoms with Crippen molar-refractivity contribution in [2.75, 3.05) is 7.11 Å². The second-order valence-corrected chi connectivity index (χ2v) is 3.03. The van der Waals surface area contributed by atoms with E-state index in [1.165, 1.54) is 0 Å². The van der Waals surface area contributed by atoms with E-state index in [0.29, 0.717) is 6.42 Å². The van der Waals surface area contributed by atoms with Crippen LogP contribution in [-0.4, -0.2) is 7.11 Å². The molecule has 0 N–H and O–H groups in total. The van der Waals surface area contributed by atoms with Gasteiger partial charge in [-0.15, -0.1) is 0 Å². The second kappa shape index (κ2) is 3.95. The van der Waals surface area contributed by atoms with Crippen LogP contribution in [0.5, 0.6) is 5.75 Å². The number of benzene rings is 1. The summed E-state index contributed by atoms with van der Waals surface area (Å²) in [5, 5.41) is 8.59. The van der Waals surface area contributed by atoms with E-state index in [0.717, 1.165) is 22.4 Å². The van der Waals surface area contributed by atoms with Gasteiger partial charge in [0, 0.05) is 0 Å². The van der Waals surface area contributed by atoms with Crippen LogP contribution in [0.1, 0.15) is 16.7 Å². The van der Waals surface area contributed by atoms with Crippen molar-refractivity contribution in [3.8, 4) is 11.8 Å². The third-order valence-corrected chi connectivity index (χ3v) is 2.19. The van der Waals surface area contributed by atoms with Crippen LogP contribution in [0, 0.1) is 25.2 Å². The van der Waals surface area contributed by atoms with Crippen molar-refractivity contribution >= 4 is 0 Å². The topological polar surface area (TPSA) is 33.0 Å². The molecule has 1 aromatic carbocycles. The van der Waals surface area contributed by atoms with Crippen LogP contribution in [0.25, 0.3) is 0 Å². The molecule has 0 aromatic heterocycles. The zero-order chi connectivity index (χ0) is 9.84. The van der Waals surface area contributed by atoms with Crippen molar-refractivity contribution in [3.63, 3.8) is 0 Å². The van der Waals surface area contributed by atoms with Gasteiger partial charge in [-0.05, 0) is 30.5 Å². The van der Waals surface area contributed by atoms with E-state index in [4.69, 9.17) is 10.00 Å². The van der Waals surface area contributed by atoms with Gasteiger partial charge in [0.05, 0.1) is 19.6 Å². The Morgan fingerprint density at radius 1 is 1.38 bits per heavy atom. The molecule has 0 atom stereocenters. The van der Waals surface area contributed by atoms with E-state index >= 15 is 0 Å². The van der Waals surface area contributed by atoms with Gasteiger partial charge in [0.25, 0.3) is 0 Å². The molecule has 2 heteroatoms. The molecule has 0 saturated carbocycles. The Morgan fingerprint density at radius 2 is 2.08 bits per heavy atom. The fraction of sp³-hybridized carbons (Fsp3) is 0.364. The lowest BCUT2D eigenvalue weighted by atomic mass is 10.0. The number of aryl methyl sites for hydroxylation is 1. The third kappa shape index (κ3) is 1.81. The predicted octanol–water partition coefficient (Wildman–Crippen LogP) is 2.38. The van der Waals surface area contributed by atoms with E-state index in [9.17, 15) is 0 Å². The quantitative estimate of drug-likeness (QED) is 0.691. The molecule has 1 aromatic rings. The number of nitriles is 1. The van der Waals surface area contributed by atoms with Crippen LogP contribution in [0.4, 0.5) is 0 Å². The molecule has 0 saturated heterocycles. The van der Waals surface area contributed by atoms with Gasteiger partial charge >= 0.3 is 0 Å². The Balaban J connectivity index is 3.21. The van der Waals surface area contributed by atoms with Crippen LogP contribution < -0.4 is 4.74 Å². The minimum Gasteiger partial charge on any atom is -0.496 e. The van der Waals surface area contributed by atoms with Crippen molar-refractivity contribution in [1.82, 2.24) is 0 Å². The molecule has 0 bridgehead atoms. The van der Waals surface area contributed by atoms with E-state index in [-0.39, 0.29) is 0 Å². The first-order chi connectivity index (χ1) is 6.20. The predicted molar refractivity (Wildman–Crippen MR) is 51.8 cm³/mol. The molecular formula is C11H13NO. The molecule has 0 amide bonds. The van der Waals surface area contributed by atoms with Gasteiger partial charge in [-0.2, -0.15) is 5.26 Å². The number of hydrogen-bond acceptors (Lipinski definition) is 2. The highest BCUT2D eigenvalue weighted by molar-refractivity contribution is 5.45. The third-order valence-electron chi connectivity index (χ3n) is 2.19. The monoisotopic (exact) mass is 175 g/mol. The standard InChI is InChI=1S/C11H13NO/c1-8-4-5-10(6-7-12)9(2)11(8)13-3/h4-5H,6H2,1-3H3. The molecule has 0 aliphatic heterocycles. The van der Waals surface area contributed by atoms with E-state index < -0.39 is 0 Å². The smallest absolute Gasteiger partial charge is 0.124 e. The Labute approximate surface area is 78.8 Å². The van der Waals surface area contributed by atoms with Crippen molar-refractivity contribution < 1.29 is 4.74 Å². The molecule has 13 heavy (non-hydrogen) atoms. The first-order valence-corrected chi connectivity index (χ1v) is 4.20. The molecule has 0 aliphatic carbocycles. The first kappa shape index (κ1) is 9.60. The molecule has 0 unspecified atom stereocenters. The van der Waals surface area contributed by atoms with Gasteiger partial charge in [-0.25, -0.2) is 0 Å². The van der Waals surface area contributed by atoms with Crippen molar-refractivity contribution in [2.24, 2.45) is 0 Å². The molecule has 0 aliphatic rings. The highest BCUT2D eigenvalue weighted by Crippen LogP contribution is 2.25. The Kier molecular flexibility index (Phi) is 2.92. The summed E-state index contributed by atoms with van der Waals surface area (Å²) in [6.07, 6.45) is 0.447. The first-order valence-electron chi connectivity index (χ1n) is 4.20. The van der Waals surface area contributed by atoms with Crippen molar-refractivity contribution in [2.45, 2.75) is 20.3 Å². The minimum absolute atomic E-state index is 0.447. The van der Waals surface area contributed by atoms with Crippen LogP contribution in [0.3, 0.4) is 0 Å². The number of ether oxygens (including phenoxy) is 1. The summed E-state index contributed by atoms with van der Waals surface area (Å²) >= 11 is 0. The fourth-order valence-corrected chi connectivity index (χ4v) is 1.46. The van der Waals surface area contributed by atoms with Crippen molar-refractivity contribution in [1.29, 1.82) is 5.26 Å². The summed E-state index contributed by atoms with van der Waals surface area (Å²) in [6, 6.07) is 6.11. The van der Waals surface area contributed by atoms with E-state index in [1.807, 2.05) is 26.0 Å². The highest BCUT2D eigenvalue weighted by Gasteiger charge is 2.06. The summed E-state index contributed by atoms with van der Waals surface area (Å²) in [4.78, 5) is 0. The Morgan fingerprint density at radius 3 is 2.62 bits per heavy atom. The fourth-order valence-electron chi connectivity index (χ4n) is 1.46. The normalized spacial score (nSPS) is 9.38. The number of hydrogen-bond donors (Lipinski definition) is 0. The minimum atomic E-state index is 0.447. The average Bonchev–Trinajstić information content (AvgIpc) is 2.11. The van der Waals surface area contributed by atoms with Gasteiger partial charge in [-0.1, -0.05) is 12.1 Å². The second-order valence-electron chi connectivity index (χ2n) is 3.03. The lowest BCUT2D eigenvalue weighted by Gasteiger charge is -2.10. The maximum Gasteiger partial charge on any atom is 0.124 e. The molecule has 0 fully saturated rings. The van der Waals surface area contributed by atoms with Crippen LogP contribution in [0.2, 0.25) is 0 Å². The largest absolute Gasteiger partial charge is 0.496 e. The van der Waals surface area contributed by atoms with Crippen LogP contribution >= 0.6 is 0 Å². The zero-order valence-electron chi connectivity index (χ0n) is 8.22. The van der Waals surface area contributed by atoms with Gasteiger partial charge in [0.15, 0.2) is 0 Å². The summed E-state index contributed by atoms with van der Waals surface area (Å²) in [7, 11) is 1.66. The summed E-state index contributed by atoms with van der Waals surface area (Å²) in [5.74, 6) is 0.896. The van der Waals surface area contributed by atoms with Crippen molar-refractivity contribution in [3.05, 3.63) is 28.8 Å². The maximum atomic E-state index is 8.59. The lowest BCUT2D eigenvalue weighted by molar-refractivity contribution is 0.408. The molecular weight excluding hydrogens is 162 g/mol. The SMILES string of the molecule is COc1c(C)ccc(CC#N)c1C.